The van der Waals surface area contributed by atoms with Gasteiger partial charge in [0, 0.05) is 19.1 Å². The van der Waals surface area contributed by atoms with E-state index < -0.39 is 0 Å². The third kappa shape index (κ3) is 3.46. The highest BCUT2D eigenvalue weighted by Crippen LogP contribution is 2.10. The summed E-state index contributed by atoms with van der Waals surface area (Å²) in [5.74, 6) is 0.517. The van der Waals surface area contributed by atoms with E-state index in [0.29, 0.717) is 18.1 Å². The average molecular weight is 257 g/mol. The monoisotopic (exact) mass is 257 g/mol. The van der Waals surface area contributed by atoms with Gasteiger partial charge >= 0.3 is 0 Å². The van der Waals surface area contributed by atoms with Crippen LogP contribution in [0, 0.1) is 11.3 Å². The van der Waals surface area contributed by atoms with E-state index >= 15 is 0 Å². The molecule has 0 aromatic heterocycles. The average Bonchev–Trinajstić information content (AvgIpc) is 2.45. The quantitative estimate of drug-likeness (QED) is 0.605. The van der Waals surface area contributed by atoms with E-state index in [9.17, 15) is 0 Å². The molecule has 100 valence electrons. The van der Waals surface area contributed by atoms with Gasteiger partial charge in [0.15, 0.2) is 5.96 Å². The molecular formula is C14H19N5. The van der Waals surface area contributed by atoms with Crippen molar-refractivity contribution in [3.05, 3.63) is 35.4 Å². The number of hydrogen-bond acceptors (Lipinski definition) is 3. The lowest BCUT2D eigenvalue weighted by Gasteiger charge is -2.31. The van der Waals surface area contributed by atoms with Crippen LogP contribution in [0.15, 0.2) is 29.3 Å². The van der Waals surface area contributed by atoms with Crippen molar-refractivity contribution in [3.8, 4) is 6.07 Å². The molecular weight excluding hydrogens is 238 g/mol. The largest absolute Gasteiger partial charge is 0.370 e. The van der Waals surface area contributed by atoms with Crippen LogP contribution in [0.5, 0.6) is 0 Å². The lowest BCUT2D eigenvalue weighted by Crippen LogP contribution is -2.48. The zero-order valence-corrected chi connectivity index (χ0v) is 10.9. The van der Waals surface area contributed by atoms with Crippen molar-refractivity contribution in [2.75, 3.05) is 13.1 Å². The van der Waals surface area contributed by atoms with Gasteiger partial charge in [-0.05, 0) is 24.5 Å². The molecule has 0 amide bonds. The summed E-state index contributed by atoms with van der Waals surface area (Å²) in [5, 5.41) is 9.01. The molecule has 0 saturated carbocycles. The fourth-order valence-electron chi connectivity index (χ4n) is 2.25. The summed E-state index contributed by atoms with van der Waals surface area (Å²) in [6.07, 6.45) is 2.09. The molecule has 1 aromatic carbocycles. The molecule has 0 bridgehead atoms. The van der Waals surface area contributed by atoms with Gasteiger partial charge in [-0.15, -0.1) is 0 Å². The number of aliphatic imine (C=N–C) groups is 1. The number of guanidine groups is 1. The minimum Gasteiger partial charge on any atom is -0.370 e. The first-order valence-corrected chi connectivity index (χ1v) is 6.49. The molecule has 1 aliphatic heterocycles. The van der Waals surface area contributed by atoms with Gasteiger partial charge in [0.1, 0.15) is 0 Å². The molecule has 1 aromatic rings. The molecule has 5 nitrogen and oxygen atoms in total. The van der Waals surface area contributed by atoms with Crippen LogP contribution in [0.2, 0.25) is 0 Å². The first kappa shape index (κ1) is 13.4. The lowest BCUT2D eigenvalue weighted by molar-refractivity contribution is 0.306. The SMILES string of the molecule is N#Cc1ccccc1CN=C(N)N1CCCC(N)C1. The van der Waals surface area contributed by atoms with Crippen LogP contribution in [0.1, 0.15) is 24.0 Å². The van der Waals surface area contributed by atoms with Crippen LogP contribution in [0.4, 0.5) is 0 Å². The molecule has 1 heterocycles. The Labute approximate surface area is 113 Å². The Morgan fingerprint density at radius 3 is 3.00 bits per heavy atom. The van der Waals surface area contributed by atoms with Crippen LogP contribution in [-0.4, -0.2) is 30.0 Å². The second kappa shape index (κ2) is 6.21. The van der Waals surface area contributed by atoms with E-state index in [2.05, 4.69) is 11.1 Å². The van der Waals surface area contributed by atoms with Crippen molar-refractivity contribution in [1.29, 1.82) is 5.26 Å². The highest BCUT2D eigenvalue weighted by molar-refractivity contribution is 5.78. The van der Waals surface area contributed by atoms with Crippen LogP contribution in [0.25, 0.3) is 0 Å². The van der Waals surface area contributed by atoms with Gasteiger partial charge in [-0.3, -0.25) is 0 Å². The number of nitriles is 1. The second-order valence-electron chi connectivity index (χ2n) is 4.79. The van der Waals surface area contributed by atoms with E-state index in [1.165, 1.54) is 0 Å². The van der Waals surface area contributed by atoms with Gasteiger partial charge in [0.25, 0.3) is 0 Å². The topological polar surface area (TPSA) is 91.4 Å². The normalized spacial score (nSPS) is 20.1. The standard InChI is InChI=1S/C14H19N5/c15-8-11-4-1-2-5-12(11)9-18-14(17)19-7-3-6-13(16)10-19/h1-2,4-5,13H,3,6-7,9-10,16H2,(H2,17,18). The van der Waals surface area contributed by atoms with Crippen molar-refractivity contribution in [1.82, 2.24) is 4.90 Å². The van der Waals surface area contributed by atoms with E-state index in [4.69, 9.17) is 16.7 Å². The van der Waals surface area contributed by atoms with E-state index in [1.54, 1.807) is 6.07 Å². The molecule has 1 aliphatic rings. The predicted octanol–water partition coefficient (Wildman–Crippen LogP) is 0.796. The Morgan fingerprint density at radius 1 is 1.47 bits per heavy atom. The van der Waals surface area contributed by atoms with Gasteiger partial charge in [0.2, 0.25) is 0 Å². The third-order valence-corrected chi connectivity index (χ3v) is 3.33. The summed E-state index contributed by atoms with van der Waals surface area (Å²) >= 11 is 0. The molecule has 0 radical (unpaired) electrons. The van der Waals surface area contributed by atoms with Gasteiger partial charge < -0.3 is 16.4 Å². The summed E-state index contributed by atoms with van der Waals surface area (Å²) in [7, 11) is 0. The molecule has 0 aliphatic carbocycles. The number of nitrogens with two attached hydrogens (primary N) is 2. The number of benzene rings is 1. The van der Waals surface area contributed by atoms with Gasteiger partial charge in [-0.2, -0.15) is 5.26 Å². The highest BCUT2D eigenvalue weighted by atomic mass is 15.3. The Bertz CT molecular complexity index is 503. The van der Waals surface area contributed by atoms with E-state index in [1.807, 2.05) is 23.1 Å². The number of hydrogen-bond donors (Lipinski definition) is 2. The summed E-state index contributed by atoms with van der Waals surface area (Å²) in [4.78, 5) is 6.39. The lowest BCUT2D eigenvalue weighted by atomic mass is 10.1. The summed E-state index contributed by atoms with van der Waals surface area (Å²) in [5.41, 5.74) is 13.5. The first-order chi connectivity index (χ1) is 9.20. The maximum Gasteiger partial charge on any atom is 0.191 e. The Kier molecular flexibility index (Phi) is 4.37. The third-order valence-electron chi connectivity index (χ3n) is 3.33. The van der Waals surface area contributed by atoms with Crippen molar-refractivity contribution in [2.24, 2.45) is 16.5 Å². The minimum absolute atomic E-state index is 0.175. The predicted molar refractivity (Wildman–Crippen MR) is 75.3 cm³/mol. The number of piperidine rings is 1. The zero-order chi connectivity index (χ0) is 13.7. The van der Waals surface area contributed by atoms with Gasteiger partial charge in [0.05, 0.1) is 18.2 Å². The Balaban J connectivity index is 2.03. The van der Waals surface area contributed by atoms with Crippen molar-refractivity contribution < 1.29 is 0 Å². The van der Waals surface area contributed by atoms with Crippen LogP contribution in [-0.2, 0) is 6.54 Å². The molecule has 1 atom stereocenters. The molecule has 19 heavy (non-hydrogen) atoms. The fraction of sp³-hybridized carbons (Fsp3) is 0.429. The fourth-order valence-corrected chi connectivity index (χ4v) is 2.25. The molecule has 1 saturated heterocycles. The van der Waals surface area contributed by atoms with Crippen molar-refractivity contribution in [3.63, 3.8) is 0 Å². The number of rotatable bonds is 2. The molecule has 5 heteroatoms. The molecule has 0 spiro atoms. The Hall–Kier alpha value is -2.06. The Morgan fingerprint density at radius 2 is 2.26 bits per heavy atom. The molecule has 1 unspecified atom stereocenters. The van der Waals surface area contributed by atoms with Gasteiger partial charge in [-0.25, -0.2) is 4.99 Å². The highest BCUT2D eigenvalue weighted by Gasteiger charge is 2.17. The maximum absolute atomic E-state index is 9.01. The first-order valence-electron chi connectivity index (χ1n) is 6.49. The number of nitrogens with zero attached hydrogens (tertiary/aromatic N) is 3. The number of likely N-dealkylation sites (tertiary alicyclic amines) is 1. The van der Waals surface area contributed by atoms with E-state index in [-0.39, 0.29) is 6.04 Å². The smallest absolute Gasteiger partial charge is 0.191 e. The minimum atomic E-state index is 0.175. The molecule has 1 fully saturated rings. The maximum atomic E-state index is 9.01. The summed E-state index contributed by atoms with van der Waals surface area (Å²) < 4.78 is 0. The summed E-state index contributed by atoms with van der Waals surface area (Å²) in [6, 6.07) is 9.77. The zero-order valence-electron chi connectivity index (χ0n) is 10.9. The molecule has 2 rings (SSSR count). The second-order valence-corrected chi connectivity index (χ2v) is 4.79. The van der Waals surface area contributed by atoms with Crippen molar-refractivity contribution in [2.45, 2.75) is 25.4 Å². The molecule has 4 N–H and O–H groups in total. The van der Waals surface area contributed by atoms with Crippen molar-refractivity contribution >= 4 is 5.96 Å². The van der Waals surface area contributed by atoms with E-state index in [0.717, 1.165) is 31.5 Å². The van der Waals surface area contributed by atoms with Crippen LogP contribution < -0.4 is 11.5 Å². The van der Waals surface area contributed by atoms with Gasteiger partial charge in [-0.1, -0.05) is 18.2 Å². The summed E-state index contributed by atoms with van der Waals surface area (Å²) in [6.45, 7) is 2.10. The van der Waals surface area contributed by atoms with Crippen LogP contribution >= 0.6 is 0 Å². The van der Waals surface area contributed by atoms with Crippen LogP contribution in [0.3, 0.4) is 0 Å².